The Morgan fingerprint density at radius 2 is 2.17 bits per heavy atom. The number of benzene rings is 1. The number of aryl methyl sites for hydroxylation is 1. The maximum absolute atomic E-state index is 11.6. The highest BCUT2D eigenvalue weighted by molar-refractivity contribution is 7.05. The van der Waals surface area contributed by atoms with Gasteiger partial charge in [0.2, 0.25) is 0 Å². The molecule has 1 aliphatic heterocycles. The van der Waals surface area contributed by atoms with Crippen molar-refractivity contribution in [2.75, 3.05) is 13.2 Å². The lowest BCUT2D eigenvalue weighted by Gasteiger charge is -2.15. The predicted molar refractivity (Wildman–Crippen MR) is 90.9 cm³/mol. The standard InChI is InChI=1S/C17H20N2O4S/c1-11-13(10-19-24-11)9-18-14(17(20)21)7-12-3-4-15-16(8-12)23-6-2-5-22-15/h3-4,8,10,14,18H,2,5-7,9H2,1H3,(H,20,21). The number of aliphatic carboxylic acids is 1. The fourth-order valence-corrected chi connectivity index (χ4v) is 3.12. The maximum Gasteiger partial charge on any atom is 0.321 e. The maximum atomic E-state index is 11.6. The molecule has 1 unspecified atom stereocenters. The van der Waals surface area contributed by atoms with Gasteiger partial charge in [-0.1, -0.05) is 6.07 Å². The molecular formula is C17H20N2O4S. The number of nitrogens with zero attached hydrogens (tertiary/aromatic N) is 1. The van der Waals surface area contributed by atoms with E-state index in [0.717, 1.165) is 28.2 Å². The molecule has 0 saturated carbocycles. The van der Waals surface area contributed by atoms with Crippen molar-refractivity contribution < 1.29 is 19.4 Å². The van der Waals surface area contributed by atoms with E-state index in [2.05, 4.69) is 9.69 Å². The average molecular weight is 348 g/mol. The zero-order valence-corrected chi connectivity index (χ0v) is 14.3. The van der Waals surface area contributed by atoms with E-state index in [4.69, 9.17) is 9.47 Å². The summed E-state index contributed by atoms with van der Waals surface area (Å²) in [7, 11) is 0. The summed E-state index contributed by atoms with van der Waals surface area (Å²) in [5.74, 6) is 0.533. The first-order valence-electron chi connectivity index (χ1n) is 7.88. The molecule has 1 atom stereocenters. The van der Waals surface area contributed by atoms with Gasteiger partial charge in [0.1, 0.15) is 6.04 Å². The molecule has 2 N–H and O–H groups in total. The lowest BCUT2D eigenvalue weighted by atomic mass is 10.0. The van der Waals surface area contributed by atoms with E-state index in [0.29, 0.717) is 31.9 Å². The summed E-state index contributed by atoms with van der Waals surface area (Å²) in [4.78, 5) is 12.7. The highest BCUT2D eigenvalue weighted by Gasteiger charge is 2.19. The quantitative estimate of drug-likeness (QED) is 0.834. The van der Waals surface area contributed by atoms with Crippen molar-refractivity contribution in [1.29, 1.82) is 0 Å². The average Bonchev–Trinajstić information content (AvgIpc) is 2.83. The minimum absolute atomic E-state index is 0.378. The third-order valence-corrected chi connectivity index (χ3v) is 4.69. The molecule has 1 aliphatic rings. The predicted octanol–water partition coefficient (Wildman–Crippen LogP) is 2.40. The van der Waals surface area contributed by atoms with Crippen molar-refractivity contribution >= 4 is 17.5 Å². The van der Waals surface area contributed by atoms with Crippen molar-refractivity contribution in [2.45, 2.75) is 32.4 Å². The molecule has 0 aliphatic carbocycles. The Bertz CT molecular complexity index is 716. The van der Waals surface area contributed by atoms with Crippen LogP contribution in [0.2, 0.25) is 0 Å². The SMILES string of the molecule is Cc1sncc1CNC(Cc1ccc2c(c1)OCCCO2)C(=O)O. The van der Waals surface area contributed by atoms with Gasteiger partial charge < -0.3 is 14.6 Å². The first-order chi connectivity index (χ1) is 11.6. The molecule has 0 amide bonds. The van der Waals surface area contributed by atoms with Gasteiger partial charge in [0.25, 0.3) is 0 Å². The molecule has 6 nitrogen and oxygen atoms in total. The van der Waals surface area contributed by atoms with Crippen LogP contribution in [0.15, 0.2) is 24.4 Å². The van der Waals surface area contributed by atoms with Gasteiger partial charge in [-0.25, -0.2) is 4.37 Å². The molecule has 0 bridgehead atoms. The lowest BCUT2D eigenvalue weighted by Crippen LogP contribution is -2.38. The van der Waals surface area contributed by atoms with Crippen LogP contribution in [-0.4, -0.2) is 34.7 Å². The van der Waals surface area contributed by atoms with Gasteiger partial charge in [0.15, 0.2) is 11.5 Å². The van der Waals surface area contributed by atoms with E-state index in [-0.39, 0.29) is 0 Å². The smallest absolute Gasteiger partial charge is 0.321 e. The van der Waals surface area contributed by atoms with Crippen LogP contribution in [0.3, 0.4) is 0 Å². The number of hydrogen-bond acceptors (Lipinski definition) is 6. The molecule has 3 rings (SSSR count). The first kappa shape index (κ1) is 16.7. The topological polar surface area (TPSA) is 80.7 Å². The molecule has 7 heteroatoms. The minimum Gasteiger partial charge on any atom is -0.490 e. The van der Waals surface area contributed by atoms with E-state index >= 15 is 0 Å². The van der Waals surface area contributed by atoms with Crippen molar-refractivity contribution in [3.8, 4) is 11.5 Å². The van der Waals surface area contributed by atoms with E-state index in [9.17, 15) is 9.90 Å². The van der Waals surface area contributed by atoms with Gasteiger partial charge in [-0.3, -0.25) is 10.1 Å². The van der Waals surface area contributed by atoms with Crippen molar-refractivity contribution in [3.05, 3.63) is 40.4 Å². The Morgan fingerprint density at radius 1 is 1.38 bits per heavy atom. The molecule has 1 aromatic carbocycles. The van der Waals surface area contributed by atoms with E-state index < -0.39 is 12.0 Å². The monoisotopic (exact) mass is 348 g/mol. The molecule has 1 aromatic heterocycles. The Kier molecular flexibility index (Phi) is 5.32. The second kappa shape index (κ2) is 7.63. The van der Waals surface area contributed by atoms with Crippen molar-refractivity contribution in [3.63, 3.8) is 0 Å². The van der Waals surface area contributed by atoms with Crippen LogP contribution in [0, 0.1) is 6.92 Å². The van der Waals surface area contributed by atoms with Crippen LogP contribution in [0.1, 0.15) is 22.4 Å². The van der Waals surface area contributed by atoms with E-state index in [1.807, 2.05) is 25.1 Å². The zero-order chi connectivity index (χ0) is 16.9. The van der Waals surface area contributed by atoms with Crippen LogP contribution >= 0.6 is 11.5 Å². The van der Waals surface area contributed by atoms with Crippen LogP contribution in [0.25, 0.3) is 0 Å². The number of aromatic nitrogens is 1. The van der Waals surface area contributed by atoms with Gasteiger partial charge >= 0.3 is 5.97 Å². The van der Waals surface area contributed by atoms with Gasteiger partial charge in [0, 0.05) is 24.0 Å². The van der Waals surface area contributed by atoms with Crippen LogP contribution in [-0.2, 0) is 17.8 Å². The Labute approximate surface area is 144 Å². The fraction of sp³-hybridized carbons (Fsp3) is 0.412. The zero-order valence-electron chi connectivity index (χ0n) is 13.4. The molecule has 0 fully saturated rings. The van der Waals surface area contributed by atoms with Crippen molar-refractivity contribution in [2.24, 2.45) is 0 Å². The molecule has 128 valence electrons. The van der Waals surface area contributed by atoms with Gasteiger partial charge in [-0.2, -0.15) is 0 Å². The lowest BCUT2D eigenvalue weighted by molar-refractivity contribution is -0.139. The summed E-state index contributed by atoms with van der Waals surface area (Å²) in [5.41, 5.74) is 1.93. The summed E-state index contributed by atoms with van der Waals surface area (Å²) in [6.45, 7) is 3.72. The normalized spacial score (nSPS) is 14.9. The van der Waals surface area contributed by atoms with E-state index in [1.54, 1.807) is 6.20 Å². The fourth-order valence-electron chi connectivity index (χ4n) is 2.54. The first-order valence-corrected chi connectivity index (χ1v) is 8.65. The Hall–Kier alpha value is -2.12. The third kappa shape index (κ3) is 4.04. The Morgan fingerprint density at radius 3 is 2.88 bits per heavy atom. The number of carboxylic acid groups (broad SMARTS) is 1. The van der Waals surface area contributed by atoms with E-state index in [1.165, 1.54) is 11.5 Å². The van der Waals surface area contributed by atoms with Gasteiger partial charge in [0.05, 0.1) is 13.2 Å². The number of ether oxygens (including phenoxy) is 2. The number of carboxylic acids is 1. The highest BCUT2D eigenvalue weighted by Crippen LogP contribution is 2.30. The number of fused-ring (bicyclic) bond motifs is 1. The van der Waals surface area contributed by atoms with Gasteiger partial charge in [-0.15, -0.1) is 0 Å². The molecule has 2 heterocycles. The minimum atomic E-state index is -0.872. The molecular weight excluding hydrogens is 328 g/mol. The summed E-state index contributed by atoms with van der Waals surface area (Å²) in [6, 6.07) is 4.94. The third-order valence-electron chi connectivity index (χ3n) is 3.94. The summed E-state index contributed by atoms with van der Waals surface area (Å²) in [6.07, 6.45) is 3.00. The summed E-state index contributed by atoms with van der Waals surface area (Å²) >= 11 is 1.42. The summed E-state index contributed by atoms with van der Waals surface area (Å²) in [5, 5.41) is 12.6. The van der Waals surface area contributed by atoms with Crippen LogP contribution in [0.4, 0.5) is 0 Å². The number of hydrogen-bond donors (Lipinski definition) is 2. The largest absolute Gasteiger partial charge is 0.490 e. The second-order valence-electron chi connectivity index (χ2n) is 5.71. The van der Waals surface area contributed by atoms with Gasteiger partial charge in [-0.05, 0) is 48.1 Å². The second-order valence-corrected chi connectivity index (χ2v) is 6.72. The number of rotatable bonds is 6. The van der Waals surface area contributed by atoms with Crippen LogP contribution in [0.5, 0.6) is 11.5 Å². The molecule has 0 saturated heterocycles. The number of carbonyl (C=O) groups is 1. The van der Waals surface area contributed by atoms with Crippen LogP contribution < -0.4 is 14.8 Å². The molecule has 2 aromatic rings. The Balaban J connectivity index is 1.68. The number of nitrogens with one attached hydrogen (secondary N) is 1. The molecule has 24 heavy (non-hydrogen) atoms. The molecule has 0 radical (unpaired) electrons. The molecule has 0 spiro atoms. The van der Waals surface area contributed by atoms with Crippen molar-refractivity contribution in [1.82, 2.24) is 9.69 Å². The summed E-state index contributed by atoms with van der Waals surface area (Å²) < 4.78 is 15.4. The highest BCUT2D eigenvalue weighted by atomic mass is 32.1.